The summed E-state index contributed by atoms with van der Waals surface area (Å²) in [7, 11) is 0. The van der Waals surface area contributed by atoms with Gasteiger partial charge < -0.3 is 5.32 Å². The first-order chi connectivity index (χ1) is 8.63. The van der Waals surface area contributed by atoms with Crippen molar-refractivity contribution in [2.24, 2.45) is 5.92 Å². The topological polar surface area (TPSA) is 29.9 Å². The second-order valence-electron chi connectivity index (χ2n) is 5.72. The van der Waals surface area contributed by atoms with E-state index >= 15 is 0 Å². The standard InChI is InChI=1S/C15H27N3/c1-5-9-16-11(2)15-12(3)17-18(13(15)4)10-8-14-6-7-14/h11,14,16H,5-10H2,1-4H3. The first kappa shape index (κ1) is 13.6. The summed E-state index contributed by atoms with van der Waals surface area (Å²) in [6.45, 7) is 11.0. The van der Waals surface area contributed by atoms with Crippen molar-refractivity contribution >= 4 is 0 Å². The zero-order valence-corrected chi connectivity index (χ0v) is 12.3. The molecule has 1 aliphatic carbocycles. The van der Waals surface area contributed by atoms with Crippen molar-refractivity contribution in [1.82, 2.24) is 15.1 Å². The maximum Gasteiger partial charge on any atom is 0.0644 e. The monoisotopic (exact) mass is 249 g/mol. The second-order valence-corrected chi connectivity index (χ2v) is 5.72. The number of aryl methyl sites for hydroxylation is 2. The summed E-state index contributed by atoms with van der Waals surface area (Å²) in [5, 5.41) is 8.28. The van der Waals surface area contributed by atoms with E-state index in [1.165, 1.54) is 42.6 Å². The molecule has 0 spiro atoms. The predicted molar refractivity (Wildman–Crippen MR) is 75.8 cm³/mol. The van der Waals surface area contributed by atoms with Crippen LogP contribution in [0.1, 0.15) is 62.5 Å². The van der Waals surface area contributed by atoms with Crippen molar-refractivity contribution in [2.45, 2.75) is 66.0 Å². The van der Waals surface area contributed by atoms with Gasteiger partial charge in [0.05, 0.1) is 5.69 Å². The van der Waals surface area contributed by atoms with Gasteiger partial charge in [-0.15, -0.1) is 0 Å². The molecule has 0 aliphatic heterocycles. The molecule has 3 heteroatoms. The molecular formula is C15H27N3. The van der Waals surface area contributed by atoms with E-state index in [0.29, 0.717) is 6.04 Å². The second kappa shape index (κ2) is 5.87. The number of rotatable bonds is 7. The van der Waals surface area contributed by atoms with E-state index in [0.717, 1.165) is 19.0 Å². The highest BCUT2D eigenvalue weighted by Gasteiger charge is 2.22. The largest absolute Gasteiger partial charge is 0.310 e. The molecule has 1 aliphatic rings. The Morgan fingerprint density at radius 1 is 1.39 bits per heavy atom. The van der Waals surface area contributed by atoms with Crippen LogP contribution >= 0.6 is 0 Å². The third kappa shape index (κ3) is 3.14. The summed E-state index contributed by atoms with van der Waals surface area (Å²) in [6.07, 6.45) is 5.34. The molecule has 1 atom stereocenters. The molecule has 0 bridgehead atoms. The molecular weight excluding hydrogens is 222 g/mol. The molecule has 0 radical (unpaired) electrons. The van der Waals surface area contributed by atoms with E-state index in [9.17, 15) is 0 Å². The van der Waals surface area contributed by atoms with Crippen molar-refractivity contribution in [3.63, 3.8) is 0 Å². The summed E-state index contributed by atoms with van der Waals surface area (Å²) in [4.78, 5) is 0. The Hall–Kier alpha value is -0.830. The van der Waals surface area contributed by atoms with Gasteiger partial charge in [-0.05, 0) is 46.1 Å². The summed E-state index contributed by atoms with van der Waals surface area (Å²) in [5.41, 5.74) is 3.95. The van der Waals surface area contributed by atoms with Crippen LogP contribution in [-0.2, 0) is 6.54 Å². The molecule has 1 saturated carbocycles. The molecule has 2 rings (SSSR count). The first-order valence-corrected chi connectivity index (χ1v) is 7.40. The highest BCUT2D eigenvalue weighted by molar-refractivity contribution is 5.27. The third-order valence-electron chi connectivity index (χ3n) is 4.02. The predicted octanol–water partition coefficient (Wildman–Crippen LogP) is 3.36. The van der Waals surface area contributed by atoms with Crippen molar-refractivity contribution in [3.05, 3.63) is 17.0 Å². The van der Waals surface area contributed by atoms with E-state index in [1.807, 2.05) is 0 Å². The van der Waals surface area contributed by atoms with Gasteiger partial charge in [-0.1, -0.05) is 19.8 Å². The van der Waals surface area contributed by atoms with Gasteiger partial charge in [0.2, 0.25) is 0 Å². The van der Waals surface area contributed by atoms with Crippen molar-refractivity contribution in [1.29, 1.82) is 0 Å². The lowest BCUT2D eigenvalue weighted by molar-refractivity contribution is 0.528. The van der Waals surface area contributed by atoms with Crippen LogP contribution in [0.4, 0.5) is 0 Å². The van der Waals surface area contributed by atoms with Crippen LogP contribution in [0.5, 0.6) is 0 Å². The first-order valence-electron chi connectivity index (χ1n) is 7.40. The average molecular weight is 249 g/mol. The fourth-order valence-electron chi connectivity index (χ4n) is 2.73. The molecule has 1 heterocycles. The minimum Gasteiger partial charge on any atom is -0.310 e. The van der Waals surface area contributed by atoms with E-state index in [-0.39, 0.29) is 0 Å². The number of nitrogens with zero attached hydrogens (tertiary/aromatic N) is 2. The Bertz CT molecular complexity index is 391. The highest BCUT2D eigenvalue weighted by atomic mass is 15.3. The molecule has 102 valence electrons. The Morgan fingerprint density at radius 2 is 2.11 bits per heavy atom. The Morgan fingerprint density at radius 3 is 2.72 bits per heavy atom. The Labute approximate surface area is 111 Å². The normalized spacial score (nSPS) is 17.1. The summed E-state index contributed by atoms with van der Waals surface area (Å²) in [6, 6.07) is 0.416. The van der Waals surface area contributed by atoms with Gasteiger partial charge in [-0.2, -0.15) is 5.10 Å². The van der Waals surface area contributed by atoms with Crippen LogP contribution in [0.15, 0.2) is 0 Å². The van der Waals surface area contributed by atoms with Gasteiger partial charge in [0.1, 0.15) is 0 Å². The average Bonchev–Trinajstić information content (AvgIpc) is 3.11. The van der Waals surface area contributed by atoms with Crippen LogP contribution in [0, 0.1) is 19.8 Å². The molecule has 0 saturated heterocycles. The maximum atomic E-state index is 4.72. The number of nitrogens with one attached hydrogen (secondary N) is 1. The number of aromatic nitrogens is 2. The Balaban J connectivity index is 2.04. The Kier molecular flexibility index (Phi) is 4.44. The molecule has 0 aromatic carbocycles. The zero-order chi connectivity index (χ0) is 13.1. The fourth-order valence-corrected chi connectivity index (χ4v) is 2.73. The van der Waals surface area contributed by atoms with Crippen molar-refractivity contribution < 1.29 is 0 Å². The smallest absolute Gasteiger partial charge is 0.0644 e. The van der Waals surface area contributed by atoms with Gasteiger partial charge in [0.25, 0.3) is 0 Å². The minimum atomic E-state index is 0.416. The maximum absolute atomic E-state index is 4.72. The van der Waals surface area contributed by atoms with E-state index in [2.05, 4.69) is 37.7 Å². The summed E-state index contributed by atoms with van der Waals surface area (Å²) >= 11 is 0. The van der Waals surface area contributed by atoms with Gasteiger partial charge in [0, 0.05) is 23.8 Å². The molecule has 1 N–H and O–H groups in total. The lowest BCUT2D eigenvalue weighted by atomic mass is 10.1. The molecule has 0 amide bonds. The lowest BCUT2D eigenvalue weighted by Crippen LogP contribution is -2.20. The minimum absolute atomic E-state index is 0.416. The van der Waals surface area contributed by atoms with Gasteiger partial charge in [0.15, 0.2) is 0 Å². The van der Waals surface area contributed by atoms with Crippen LogP contribution < -0.4 is 5.32 Å². The summed E-state index contributed by atoms with van der Waals surface area (Å²) < 4.78 is 2.22. The van der Waals surface area contributed by atoms with E-state index in [1.54, 1.807) is 0 Å². The highest BCUT2D eigenvalue weighted by Crippen LogP contribution is 2.33. The molecule has 1 aromatic heterocycles. The summed E-state index contributed by atoms with van der Waals surface area (Å²) in [5.74, 6) is 0.980. The molecule has 1 unspecified atom stereocenters. The molecule has 3 nitrogen and oxygen atoms in total. The lowest BCUT2D eigenvalue weighted by Gasteiger charge is -2.14. The number of hydrogen-bond acceptors (Lipinski definition) is 2. The van der Waals surface area contributed by atoms with E-state index < -0.39 is 0 Å². The van der Waals surface area contributed by atoms with Crippen LogP contribution in [0.25, 0.3) is 0 Å². The van der Waals surface area contributed by atoms with Crippen molar-refractivity contribution in [2.75, 3.05) is 6.54 Å². The van der Waals surface area contributed by atoms with Gasteiger partial charge >= 0.3 is 0 Å². The quantitative estimate of drug-likeness (QED) is 0.803. The van der Waals surface area contributed by atoms with Crippen LogP contribution in [-0.4, -0.2) is 16.3 Å². The van der Waals surface area contributed by atoms with Crippen LogP contribution in [0.2, 0.25) is 0 Å². The zero-order valence-electron chi connectivity index (χ0n) is 12.3. The number of hydrogen-bond donors (Lipinski definition) is 1. The molecule has 1 fully saturated rings. The van der Waals surface area contributed by atoms with Crippen molar-refractivity contribution in [3.8, 4) is 0 Å². The molecule has 1 aromatic rings. The van der Waals surface area contributed by atoms with E-state index in [4.69, 9.17) is 5.10 Å². The SMILES string of the molecule is CCCNC(C)c1c(C)nn(CCC2CC2)c1C. The van der Waals surface area contributed by atoms with Crippen LogP contribution in [0.3, 0.4) is 0 Å². The fraction of sp³-hybridized carbons (Fsp3) is 0.800. The van der Waals surface area contributed by atoms with Gasteiger partial charge in [-0.25, -0.2) is 0 Å². The third-order valence-corrected chi connectivity index (χ3v) is 4.02. The molecule has 18 heavy (non-hydrogen) atoms. The van der Waals surface area contributed by atoms with Gasteiger partial charge in [-0.3, -0.25) is 4.68 Å².